The number of rotatable bonds is 2. The fraction of sp³-hybridized carbons (Fsp3) is 0.429. The number of benzene rings is 1. The molecule has 0 N–H and O–H groups in total. The van der Waals surface area contributed by atoms with Crippen molar-refractivity contribution < 1.29 is 9.59 Å². The van der Waals surface area contributed by atoms with Crippen LogP contribution in [-0.4, -0.2) is 23.6 Å². The summed E-state index contributed by atoms with van der Waals surface area (Å²) in [5, 5.41) is 0. The second-order valence-corrected chi connectivity index (χ2v) is 4.65. The van der Waals surface area contributed by atoms with Gasteiger partial charge in [-0.15, -0.1) is 0 Å². The molecule has 0 heterocycles. The van der Waals surface area contributed by atoms with E-state index in [0.29, 0.717) is 6.42 Å². The van der Waals surface area contributed by atoms with E-state index in [9.17, 15) is 9.59 Å². The Morgan fingerprint density at radius 3 is 2.47 bits per heavy atom. The van der Waals surface area contributed by atoms with E-state index in [0.717, 1.165) is 12.0 Å². The predicted octanol–water partition coefficient (Wildman–Crippen LogP) is 1.90. The monoisotopic (exact) mass is 231 g/mol. The number of hydrogen-bond acceptors (Lipinski definition) is 2. The summed E-state index contributed by atoms with van der Waals surface area (Å²) in [6.07, 6.45) is 1.55. The van der Waals surface area contributed by atoms with Crippen molar-refractivity contribution in [2.24, 2.45) is 0 Å². The average Bonchev–Trinajstić information content (AvgIpc) is 2.68. The molecule has 0 unspecified atom stereocenters. The van der Waals surface area contributed by atoms with Crippen LogP contribution in [0.15, 0.2) is 24.3 Å². The van der Waals surface area contributed by atoms with Crippen molar-refractivity contribution in [3.05, 3.63) is 35.4 Å². The van der Waals surface area contributed by atoms with Crippen LogP contribution >= 0.6 is 0 Å². The Labute approximate surface area is 101 Å². The average molecular weight is 231 g/mol. The van der Waals surface area contributed by atoms with Crippen LogP contribution in [0.3, 0.4) is 0 Å². The van der Waals surface area contributed by atoms with E-state index < -0.39 is 5.54 Å². The molecule has 1 aliphatic rings. The summed E-state index contributed by atoms with van der Waals surface area (Å²) in [5.41, 5.74) is 1.42. The molecule has 0 aromatic heterocycles. The van der Waals surface area contributed by atoms with Gasteiger partial charge in [0.25, 0.3) is 0 Å². The molecule has 1 atom stereocenters. The van der Waals surface area contributed by atoms with Crippen LogP contribution in [0.4, 0.5) is 0 Å². The van der Waals surface area contributed by atoms with Gasteiger partial charge < -0.3 is 4.90 Å². The topological polar surface area (TPSA) is 37.4 Å². The van der Waals surface area contributed by atoms with Gasteiger partial charge in [-0.25, -0.2) is 0 Å². The van der Waals surface area contributed by atoms with Crippen molar-refractivity contribution in [3.8, 4) is 0 Å². The van der Waals surface area contributed by atoms with Crippen molar-refractivity contribution >= 4 is 11.7 Å². The number of aryl methyl sites for hydroxylation is 1. The summed E-state index contributed by atoms with van der Waals surface area (Å²) in [7, 11) is 1.71. The van der Waals surface area contributed by atoms with Crippen molar-refractivity contribution in [1.29, 1.82) is 0 Å². The lowest BCUT2D eigenvalue weighted by atomic mass is 9.86. The molecule has 0 spiro atoms. The van der Waals surface area contributed by atoms with E-state index in [4.69, 9.17) is 0 Å². The first-order valence-electron chi connectivity index (χ1n) is 5.84. The molecule has 1 aromatic carbocycles. The number of carbonyl (C=O) groups is 2. The van der Waals surface area contributed by atoms with Crippen LogP contribution in [0.5, 0.6) is 0 Å². The molecule has 3 nitrogen and oxygen atoms in total. The summed E-state index contributed by atoms with van der Waals surface area (Å²) in [4.78, 5) is 25.3. The minimum absolute atomic E-state index is 0.0418. The van der Waals surface area contributed by atoms with Crippen LogP contribution in [-0.2, 0) is 21.5 Å². The third-order valence-corrected chi connectivity index (χ3v) is 3.85. The van der Waals surface area contributed by atoms with Crippen molar-refractivity contribution in [2.75, 3.05) is 7.05 Å². The second-order valence-electron chi connectivity index (χ2n) is 4.65. The third-order valence-electron chi connectivity index (χ3n) is 3.85. The minimum Gasteiger partial charge on any atom is -0.329 e. The number of hydrogen-bond donors (Lipinski definition) is 0. The highest BCUT2D eigenvalue weighted by Gasteiger charge is 2.47. The number of nitrogens with zero attached hydrogens (tertiary/aromatic N) is 1. The molecular formula is C14H17NO2. The normalized spacial score (nSPS) is 22.1. The van der Waals surface area contributed by atoms with Crippen LogP contribution in [0, 0.1) is 0 Å². The molecule has 0 aliphatic heterocycles. The van der Waals surface area contributed by atoms with Crippen LogP contribution in [0.1, 0.15) is 31.4 Å². The molecule has 0 bridgehead atoms. The molecule has 1 amide bonds. The molecule has 0 fully saturated rings. The Bertz CT molecular complexity index is 481. The highest BCUT2D eigenvalue weighted by molar-refractivity contribution is 5.93. The maximum Gasteiger partial charge on any atom is 0.220 e. The maximum absolute atomic E-state index is 12.1. The van der Waals surface area contributed by atoms with E-state index >= 15 is 0 Å². The smallest absolute Gasteiger partial charge is 0.220 e. The van der Waals surface area contributed by atoms with Gasteiger partial charge in [0.15, 0.2) is 5.78 Å². The summed E-state index contributed by atoms with van der Waals surface area (Å²) < 4.78 is 0. The van der Waals surface area contributed by atoms with Crippen molar-refractivity contribution in [2.45, 2.75) is 32.2 Å². The Kier molecular flexibility index (Phi) is 2.77. The van der Waals surface area contributed by atoms with E-state index in [-0.39, 0.29) is 11.7 Å². The van der Waals surface area contributed by atoms with Gasteiger partial charge in [-0.1, -0.05) is 24.3 Å². The van der Waals surface area contributed by atoms with Crippen molar-refractivity contribution in [3.63, 3.8) is 0 Å². The first-order chi connectivity index (χ1) is 8.00. The Morgan fingerprint density at radius 1 is 1.24 bits per heavy atom. The quantitative estimate of drug-likeness (QED) is 0.779. The van der Waals surface area contributed by atoms with Gasteiger partial charge in [0.05, 0.1) is 0 Å². The standard InChI is InChI=1S/C14H17NO2/c1-10(16)14(15(3)11(2)17)9-8-12-6-4-5-7-13(12)14/h4-7H,8-9H2,1-3H3/t14-/m0/s1. The van der Waals surface area contributed by atoms with Crippen LogP contribution in [0.2, 0.25) is 0 Å². The Hall–Kier alpha value is -1.64. The van der Waals surface area contributed by atoms with Crippen molar-refractivity contribution in [1.82, 2.24) is 4.90 Å². The van der Waals surface area contributed by atoms with E-state index in [1.807, 2.05) is 24.3 Å². The second kappa shape index (κ2) is 3.99. The summed E-state index contributed by atoms with van der Waals surface area (Å²) in [6.45, 7) is 3.08. The first kappa shape index (κ1) is 11.8. The van der Waals surface area contributed by atoms with Crippen LogP contribution in [0.25, 0.3) is 0 Å². The number of Topliss-reactive ketones (excluding diaryl/α,β-unsaturated/α-hetero) is 1. The lowest BCUT2D eigenvalue weighted by Crippen LogP contribution is -2.49. The van der Waals surface area contributed by atoms with Gasteiger partial charge >= 0.3 is 0 Å². The molecule has 3 heteroatoms. The predicted molar refractivity (Wildman–Crippen MR) is 65.6 cm³/mol. The highest BCUT2D eigenvalue weighted by Crippen LogP contribution is 2.41. The summed E-state index contributed by atoms with van der Waals surface area (Å²) >= 11 is 0. The zero-order chi connectivity index (χ0) is 12.6. The molecule has 2 rings (SSSR count). The Balaban J connectivity index is 2.60. The lowest BCUT2D eigenvalue weighted by Gasteiger charge is -2.37. The van der Waals surface area contributed by atoms with Gasteiger partial charge in [0.2, 0.25) is 5.91 Å². The molecule has 0 radical (unpaired) electrons. The molecule has 1 aliphatic carbocycles. The summed E-state index contributed by atoms with van der Waals surface area (Å²) in [6, 6.07) is 7.90. The molecular weight excluding hydrogens is 214 g/mol. The Morgan fingerprint density at radius 2 is 1.88 bits per heavy atom. The molecule has 90 valence electrons. The molecule has 0 saturated carbocycles. The largest absolute Gasteiger partial charge is 0.329 e. The van der Waals surface area contributed by atoms with E-state index in [2.05, 4.69) is 0 Å². The van der Waals surface area contributed by atoms with Gasteiger partial charge in [-0.3, -0.25) is 9.59 Å². The molecule has 0 saturated heterocycles. The summed E-state index contributed by atoms with van der Waals surface area (Å²) in [5.74, 6) is -0.0305. The fourth-order valence-electron chi connectivity index (χ4n) is 2.81. The van der Waals surface area contributed by atoms with Gasteiger partial charge in [-0.05, 0) is 30.9 Å². The number of amides is 1. The first-order valence-corrected chi connectivity index (χ1v) is 5.84. The van der Waals surface area contributed by atoms with E-state index in [1.54, 1.807) is 18.9 Å². The fourth-order valence-corrected chi connectivity index (χ4v) is 2.81. The SMILES string of the molecule is CC(=O)N(C)[C@]1(C(C)=O)CCc2ccccc21. The third kappa shape index (κ3) is 1.57. The maximum atomic E-state index is 12.1. The zero-order valence-electron chi connectivity index (χ0n) is 10.5. The van der Waals surface area contributed by atoms with Gasteiger partial charge in [0, 0.05) is 14.0 Å². The number of carbonyl (C=O) groups excluding carboxylic acids is 2. The molecule has 17 heavy (non-hydrogen) atoms. The minimum atomic E-state index is -0.748. The van der Waals surface area contributed by atoms with Gasteiger partial charge in [-0.2, -0.15) is 0 Å². The van der Waals surface area contributed by atoms with Gasteiger partial charge in [0.1, 0.15) is 5.54 Å². The number of ketones is 1. The van der Waals surface area contributed by atoms with Crippen LogP contribution < -0.4 is 0 Å². The highest BCUT2D eigenvalue weighted by atomic mass is 16.2. The lowest BCUT2D eigenvalue weighted by molar-refractivity contribution is -0.143. The number of likely N-dealkylation sites (N-methyl/N-ethyl adjacent to an activating group) is 1. The zero-order valence-corrected chi connectivity index (χ0v) is 10.5. The molecule has 1 aromatic rings. The van der Waals surface area contributed by atoms with E-state index in [1.165, 1.54) is 12.5 Å². The number of fused-ring (bicyclic) bond motifs is 1.